The predicted molar refractivity (Wildman–Crippen MR) is 104 cm³/mol. The third kappa shape index (κ3) is 3.47. The van der Waals surface area contributed by atoms with Crippen LogP contribution in [0.5, 0.6) is 0 Å². The Labute approximate surface area is 154 Å². The highest BCUT2D eigenvalue weighted by Crippen LogP contribution is 2.25. The van der Waals surface area contributed by atoms with E-state index in [9.17, 15) is 4.79 Å². The van der Waals surface area contributed by atoms with E-state index >= 15 is 0 Å². The largest absolute Gasteiger partial charge is 0.345 e. The van der Waals surface area contributed by atoms with Gasteiger partial charge in [0.1, 0.15) is 0 Å². The Morgan fingerprint density at radius 3 is 2.42 bits per heavy atom. The molecule has 136 valence electrons. The van der Waals surface area contributed by atoms with Crippen LogP contribution in [-0.4, -0.2) is 20.7 Å². The van der Waals surface area contributed by atoms with Gasteiger partial charge in [0.2, 0.25) is 0 Å². The highest BCUT2D eigenvalue weighted by molar-refractivity contribution is 6.05. The molecule has 0 aliphatic rings. The molecule has 2 aromatic heterocycles. The molecule has 5 nitrogen and oxygen atoms in total. The van der Waals surface area contributed by atoms with Crippen LogP contribution in [-0.2, 0) is 0 Å². The molecule has 3 aromatic rings. The molecule has 0 fully saturated rings. The summed E-state index contributed by atoms with van der Waals surface area (Å²) in [4.78, 5) is 17.7. The Kier molecular flexibility index (Phi) is 5.07. The zero-order valence-corrected chi connectivity index (χ0v) is 16.0. The molecule has 0 radical (unpaired) electrons. The van der Waals surface area contributed by atoms with Crippen LogP contribution in [0, 0.1) is 12.8 Å². The van der Waals surface area contributed by atoms with Crippen molar-refractivity contribution in [1.82, 2.24) is 20.1 Å². The first-order chi connectivity index (χ1) is 12.4. The van der Waals surface area contributed by atoms with Gasteiger partial charge in [-0.25, -0.2) is 9.67 Å². The fraction of sp³-hybridized carbons (Fsp3) is 0.381. The van der Waals surface area contributed by atoms with E-state index in [1.807, 2.05) is 35.9 Å². The molecule has 1 amide bonds. The van der Waals surface area contributed by atoms with Crippen LogP contribution >= 0.6 is 0 Å². The molecule has 1 atom stereocenters. The fourth-order valence-electron chi connectivity index (χ4n) is 3.22. The first kappa shape index (κ1) is 18.1. The summed E-state index contributed by atoms with van der Waals surface area (Å²) < 4.78 is 1.86. The Bertz CT molecular complexity index is 912. The average Bonchev–Trinajstić information content (AvgIpc) is 3.03. The summed E-state index contributed by atoms with van der Waals surface area (Å²) >= 11 is 0. The number of hydrogen-bond acceptors (Lipinski definition) is 3. The quantitative estimate of drug-likeness (QED) is 0.739. The Hall–Kier alpha value is -2.69. The Morgan fingerprint density at radius 1 is 1.12 bits per heavy atom. The topological polar surface area (TPSA) is 59.8 Å². The lowest BCUT2D eigenvalue weighted by Crippen LogP contribution is -2.32. The number of carbonyl (C=O) groups excluding carboxylic acids is 1. The normalized spacial score (nSPS) is 12.7. The van der Waals surface area contributed by atoms with Gasteiger partial charge < -0.3 is 5.32 Å². The summed E-state index contributed by atoms with van der Waals surface area (Å²) in [6, 6.07) is 12.1. The number of hydrogen-bond donors (Lipinski definition) is 1. The second kappa shape index (κ2) is 7.28. The second-order valence-electron chi connectivity index (χ2n) is 7.34. The lowest BCUT2D eigenvalue weighted by atomic mass is 9.95. The lowest BCUT2D eigenvalue weighted by Gasteiger charge is -2.23. The molecule has 0 unspecified atom stereocenters. The number of rotatable bonds is 5. The smallest absolute Gasteiger partial charge is 0.252 e. The number of amides is 1. The molecule has 0 saturated carbocycles. The first-order valence-corrected chi connectivity index (χ1v) is 9.09. The van der Waals surface area contributed by atoms with Gasteiger partial charge in [-0.2, -0.15) is 5.10 Å². The van der Waals surface area contributed by atoms with E-state index in [4.69, 9.17) is 0 Å². The van der Waals surface area contributed by atoms with Gasteiger partial charge in [0.05, 0.1) is 23.2 Å². The minimum atomic E-state index is -0.0913. The van der Waals surface area contributed by atoms with E-state index in [2.05, 4.69) is 55.2 Å². The Balaban J connectivity index is 1.99. The zero-order chi connectivity index (χ0) is 18.8. The minimum Gasteiger partial charge on any atom is -0.345 e. The summed E-state index contributed by atoms with van der Waals surface area (Å²) in [5.41, 5.74) is 3.30. The van der Waals surface area contributed by atoms with E-state index in [0.717, 1.165) is 22.3 Å². The summed E-state index contributed by atoms with van der Waals surface area (Å²) in [5.74, 6) is 0.185. The highest BCUT2D eigenvalue weighted by Gasteiger charge is 2.22. The third-order valence-corrected chi connectivity index (χ3v) is 4.54. The van der Waals surface area contributed by atoms with Gasteiger partial charge in [-0.3, -0.25) is 4.79 Å². The Morgan fingerprint density at radius 2 is 1.81 bits per heavy atom. The van der Waals surface area contributed by atoms with Crippen molar-refractivity contribution in [3.8, 4) is 0 Å². The molecule has 0 saturated heterocycles. The molecule has 1 aromatic carbocycles. The number of pyridine rings is 1. The van der Waals surface area contributed by atoms with Crippen LogP contribution in [0.25, 0.3) is 11.0 Å². The van der Waals surface area contributed by atoms with Crippen LogP contribution in [0.4, 0.5) is 0 Å². The van der Waals surface area contributed by atoms with Crippen molar-refractivity contribution in [1.29, 1.82) is 0 Å². The van der Waals surface area contributed by atoms with E-state index in [1.54, 1.807) is 6.20 Å². The number of carbonyl (C=O) groups is 1. The standard InChI is InChI=1S/C21H26N4O/c1-13(2)19(16-9-7-6-8-10-16)24-21(26)17-11-15(5)23-20-18(17)12-22-25(20)14(3)4/h6-14,19H,1-5H3,(H,24,26)/t19-/m0/s1. The number of aryl methyl sites for hydroxylation is 1. The highest BCUT2D eigenvalue weighted by atomic mass is 16.1. The van der Waals surface area contributed by atoms with Crippen LogP contribution < -0.4 is 5.32 Å². The van der Waals surface area contributed by atoms with Gasteiger partial charge in [0, 0.05) is 11.7 Å². The van der Waals surface area contributed by atoms with Crippen molar-refractivity contribution in [2.45, 2.75) is 46.7 Å². The van der Waals surface area contributed by atoms with Crippen molar-refractivity contribution in [3.63, 3.8) is 0 Å². The van der Waals surface area contributed by atoms with E-state index in [0.29, 0.717) is 5.56 Å². The van der Waals surface area contributed by atoms with Gasteiger partial charge in [-0.15, -0.1) is 0 Å². The van der Waals surface area contributed by atoms with Crippen LogP contribution in [0.3, 0.4) is 0 Å². The van der Waals surface area contributed by atoms with Gasteiger partial charge in [0.15, 0.2) is 5.65 Å². The third-order valence-electron chi connectivity index (χ3n) is 4.54. The molecule has 0 aliphatic carbocycles. The summed E-state index contributed by atoms with van der Waals surface area (Å²) in [5, 5.41) is 8.42. The summed E-state index contributed by atoms with van der Waals surface area (Å²) in [6.45, 7) is 10.2. The molecule has 3 rings (SSSR count). The predicted octanol–water partition coefficient (Wildman–Crippen LogP) is 4.45. The molecule has 0 aliphatic heterocycles. The summed E-state index contributed by atoms with van der Waals surface area (Å²) in [6.07, 6.45) is 1.74. The zero-order valence-electron chi connectivity index (χ0n) is 16.0. The molecular formula is C21H26N4O. The average molecular weight is 350 g/mol. The van der Waals surface area contributed by atoms with Gasteiger partial charge in [-0.05, 0) is 38.3 Å². The van der Waals surface area contributed by atoms with Crippen molar-refractivity contribution < 1.29 is 4.79 Å². The summed E-state index contributed by atoms with van der Waals surface area (Å²) in [7, 11) is 0. The molecular weight excluding hydrogens is 324 g/mol. The van der Waals surface area contributed by atoms with Crippen molar-refractivity contribution in [2.75, 3.05) is 0 Å². The maximum atomic E-state index is 13.1. The maximum absolute atomic E-state index is 13.1. The molecule has 26 heavy (non-hydrogen) atoms. The SMILES string of the molecule is Cc1cc(C(=O)N[C@H](c2ccccc2)C(C)C)c2cnn(C(C)C)c2n1. The number of aromatic nitrogens is 3. The lowest BCUT2D eigenvalue weighted by molar-refractivity contribution is 0.0927. The molecule has 1 N–H and O–H groups in total. The van der Waals surface area contributed by atoms with Gasteiger partial charge in [0.25, 0.3) is 5.91 Å². The second-order valence-corrected chi connectivity index (χ2v) is 7.34. The van der Waals surface area contributed by atoms with Crippen LogP contribution in [0.15, 0.2) is 42.6 Å². The van der Waals surface area contributed by atoms with Crippen molar-refractivity contribution in [3.05, 3.63) is 59.4 Å². The number of benzene rings is 1. The maximum Gasteiger partial charge on any atom is 0.252 e. The fourth-order valence-corrected chi connectivity index (χ4v) is 3.22. The minimum absolute atomic E-state index is 0.0487. The van der Waals surface area contributed by atoms with Gasteiger partial charge in [-0.1, -0.05) is 44.2 Å². The first-order valence-electron chi connectivity index (χ1n) is 9.09. The van der Waals surface area contributed by atoms with Crippen molar-refractivity contribution >= 4 is 16.9 Å². The van der Waals surface area contributed by atoms with Gasteiger partial charge >= 0.3 is 0 Å². The monoisotopic (exact) mass is 350 g/mol. The molecule has 2 heterocycles. The van der Waals surface area contributed by atoms with Crippen molar-refractivity contribution in [2.24, 2.45) is 5.92 Å². The molecule has 5 heteroatoms. The number of nitrogens with one attached hydrogen (secondary N) is 1. The van der Waals surface area contributed by atoms with E-state index in [-0.39, 0.29) is 23.9 Å². The molecule has 0 spiro atoms. The van der Waals surface area contributed by atoms with E-state index in [1.165, 1.54) is 0 Å². The van der Waals surface area contributed by atoms with E-state index < -0.39 is 0 Å². The molecule has 0 bridgehead atoms. The van der Waals surface area contributed by atoms with Crippen LogP contribution in [0.1, 0.15) is 61.4 Å². The number of fused-ring (bicyclic) bond motifs is 1. The van der Waals surface area contributed by atoms with Crippen LogP contribution in [0.2, 0.25) is 0 Å². The number of nitrogens with zero attached hydrogens (tertiary/aromatic N) is 3.